The highest BCUT2D eigenvalue weighted by atomic mass is 16.6. The topological polar surface area (TPSA) is 83.5 Å². The minimum absolute atomic E-state index is 0.143. The second-order valence-corrected chi connectivity index (χ2v) is 5.79. The molecule has 0 radical (unpaired) electrons. The Hall–Kier alpha value is -2.77. The minimum atomic E-state index is -0.401. The van der Waals surface area contributed by atoms with E-state index >= 15 is 0 Å². The third-order valence-electron chi connectivity index (χ3n) is 4.12. The average molecular weight is 332 g/mol. The van der Waals surface area contributed by atoms with E-state index < -0.39 is 6.09 Å². The van der Waals surface area contributed by atoms with E-state index in [-0.39, 0.29) is 12.0 Å². The van der Waals surface area contributed by atoms with Gasteiger partial charge in [-0.1, -0.05) is 5.16 Å². The Morgan fingerprint density at radius 3 is 3.00 bits per heavy atom. The van der Waals surface area contributed by atoms with Crippen molar-refractivity contribution < 1.29 is 19.2 Å². The molecule has 1 aromatic carbocycles. The van der Waals surface area contributed by atoms with Crippen LogP contribution in [-0.4, -0.2) is 51.2 Å². The monoisotopic (exact) mass is 332 g/mol. The number of hydrogen-bond acceptors (Lipinski definition) is 5. The van der Waals surface area contributed by atoms with Gasteiger partial charge in [-0.2, -0.15) is 0 Å². The highest BCUT2D eigenvalue weighted by molar-refractivity contribution is 6.05. The number of ether oxygens (including phenoxy) is 1. The molecule has 1 atom stereocenters. The first-order chi connectivity index (χ1) is 11.5. The molecule has 3 rings (SSSR count). The number of nitrogens with one attached hydrogen (secondary N) is 1. The van der Waals surface area contributed by atoms with Crippen LogP contribution < -0.4 is 15.1 Å². The van der Waals surface area contributed by atoms with Gasteiger partial charge in [-0.25, -0.2) is 4.79 Å². The zero-order chi connectivity index (χ0) is 17.3. The molecule has 1 N–H and O–H groups in total. The molecule has 0 aliphatic carbocycles. The summed E-state index contributed by atoms with van der Waals surface area (Å²) in [6, 6.07) is 5.80. The lowest BCUT2D eigenvalue weighted by molar-refractivity contribution is -0.119. The van der Waals surface area contributed by atoms with Crippen LogP contribution in [0.4, 0.5) is 16.2 Å². The molecular weight excluding hydrogens is 312 g/mol. The highest BCUT2D eigenvalue weighted by Gasteiger charge is 2.33. The predicted molar refractivity (Wildman–Crippen MR) is 89.3 cm³/mol. The van der Waals surface area contributed by atoms with E-state index in [0.717, 1.165) is 22.8 Å². The number of carbonyl (C=O) groups excluding carboxylic acids is 2. The van der Waals surface area contributed by atoms with Crippen LogP contribution >= 0.6 is 0 Å². The quantitative estimate of drug-likeness (QED) is 0.835. The number of anilines is 2. The summed E-state index contributed by atoms with van der Waals surface area (Å²) in [6.07, 6.45) is -0.100. The van der Waals surface area contributed by atoms with E-state index in [9.17, 15) is 9.59 Å². The van der Waals surface area contributed by atoms with Crippen LogP contribution in [0.25, 0.3) is 0 Å². The standard InChI is InChI=1S/C16H20N4O4/c1-10(21)17-8-13-9-20(16(22)24-13)12-4-5-14-11(6-12)7-15(18-23-3)19(14)2/h4-6,13H,7-9H2,1-3H3,(H,17,21)/t13-/m0/s1. The van der Waals surface area contributed by atoms with Gasteiger partial charge in [-0.3, -0.25) is 9.69 Å². The number of benzene rings is 1. The Kier molecular flexibility index (Phi) is 4.28. The van der Waals surface area contributed by atoms with Gasteiger partial charge >= 0.3 is 6.09 Å². The van der Waals surface area contributed by atoms with Gasteiger partial charge in [0.05, 0.1) is 13.1 Å². The molecule has 2 amide bonds. The number of nitrogens with zero attached hydrogens (tertiary/aromatic N) is 3. The van der Waals surface area contributed by atoms with Crippen LogP contribution in [0.2, 0.25) is 0 Å². The van der Waals surface area contributed by atoms with Crippen LogP contribution in [0.3, 0.4) is 0 Å². The van der Waals surface area contributed by atoms with Crippen LogP contribution in [0.15, 0.2) is 23.4 Å². The molecule has 128 valence electrons. The van der Waals surface area contributed by atoms with Gasteiger partial charge in [0.2, 0.25) is 5.91 Å². The van der Waals surface area contributed by atoms with Crippen molar-refractivity contribution in [1.29, 1.82) is 0 Å². The van der Waals surface area contributed by atoms with E-state index in [1.807, 2.05) is 30.1 Å². The summed E-state index contributed by atoms with van der Waals surface area (Å²) in [4.78, 5) is 31.5. The summed E-state index contributed by atoms with van der Waals surface area (Å²) < 4.78 is 5.30. The van der Waals surface area contributed by atoms with Gasteiger partial charge in [-0.05, 0) is 23.8 Å². The molecule has 1 aromatic rings. The van der Waals surface area contributed by atoms with E-state index in [2.05, 4.69) is 10.5 Å². The Morgan fingerprint density at radius 2 is 2.29 bits per heavy atom. The molecule has 1 fully saturated rings. The Morgan fingerprint density at radius 1 is 1.50 bits per heavy atom. The number of oxime groups is 1. The summed E-state index contributed by atoms with van der Waals surface area (Å²) in [5.41, 5.74) is 2.89. The molecule has 24 heavy (non-hydrogen) atoms. The first-order valence-corrected chi connectivity index (χ1v) is 7.69. The maximum Gasteiger partial charge on any atom is 0.414 e. The third-order valence-corrected chi connectivity index (χ3v) is 4.12. The summed E-state index contributed by atoms with van der Waals surface area (Å²) in [6.45, 7) is 2.16. The van der Waals surface area contributed by atoms with Crippen molar-refractivity contribution in [2.24, 2.45) is 5.16 Å². The maximum atomic E-state index is 12.1. The minimum Gasteiger partial charge on any atom is -0.442 e. The van der Waals surface area contributed by atoms with Gasteiger partial charge < -0.3 is 19.8 Å². The zero-order valence-corrected chi connectivity index (χ0v) is 13.9. The van der Waals surface area contributed by atoms with Crippen LogP contribution in [-0.2, 0) is 20.8 Å². The number of carbonyl (C=O) groups is 2. The smallest absolute Gasteiger partial charge is 0.414 e. The zero-order valence-electron chi connectivity index (χ0n) is 13.9. The summed E-state index contributed by atoms with van der Waals surface area (Å²) in [5.74, 6) is 0.673. The lowest BCUT2D eigenvalue weighted by atomic mass is 10.1. The average Bonchev–Trinajstić information content (AvgIpc) is 3.06. The molecule has 0 bridgehead atoms. The van der Waals surface area contributed by atoms with Gasteiger partial charge in [0, 0.05) is 31.8 Å². The fraction of sp³-hybridized carbons (Fsp3) is 0.438. The number of fused-ring (bicyclic) bond motifs is 1. The SMILES string of the molecule is CON=C1Cc2cc(N3C[C@H](CNC(C)=O)OC3=O)ccc2N1C. The number of hydrogen-bond donors (Lipinski definition) is 1. The van der Waals surface area contributed by atoms with Gasteiger partial charge in [0.25, 0.3) is 0 Å². The van der Waals surface area contributed by atoms with Crippen molar-refractivity contribution in [2.45, 2.75) is 19.4 Å². The van der Waals surface area contributed by atoms with E-state index in [4.69, 9.17) is 9.57 Å². The molecule has 0 aromatic heterocycles. The largest absolute Gasteiger partial charge is 0.442 e. The summed E-state index contributed by atoms with van der Waals surface area (Å²) >= 11 is 0. The van der Waals surface area contributed by atoms with Crippen molar-refractivity contribution in [2.75, 3.05) is 37.0 Å². The lowest BCUT2D eigenvalue weighted by Gasteiger charge is -2.16. The molecule has 8 heteroatoms. The molecule has 0 unspecified atom stereocenters. The first-order valence-electron chi connectivity index (χ1n) is 7.69. The third kappa shape index (κ3) is 2.99. The maximum absolute atomic E-state index is 12.1. The molecule has 1 saturated heterocycles. The van der Waals surface area contributed by atoms with Gasteiger partial charge in [0.1, 0.15) is 13.2 Å². The normalized spacial score (nSPS) is 21.0. The van der Waals surface area contributed by atoms with Gasteiger partial charge in [-0.15, -0.1) is 0 Å². The van der Waals surface area contributed by atoms with Crippen molar-refractivity contribution in [3.63, 3.8) is 0 Å². The molecular formula is C16H20N4O4. The lowest BCUT2D eigenvalue weighted by Crippen LogP contribution is -2.33. The van der Waals surface area contributed by atoms with E-state index in [1.54, 1.807) is 4.90 Å². The fourth-order valence-corrected chi connectivity index (χ4v) is 2.93. The van der Waals surface area contributed by atoms with E-state index in [1.165, 1.54) is 14.0 Å². The number of likely N-dealkylation sites (N-methyl/N-ethyl adjacent to an activating group) is 1. The van der Waals surface area contributed by atoms with Crippen molar-refractivity contribution in [3.05, 3.63) is 23.8 Å². The van der Waals surface area contributed by atoms with Crippen LogP contribution in [0, 0.1) is 0 Å². The molecule has 8 nitrogen and oxygen atoms in total. The van der Waals surface area contributed by atoms with Crippen molar-refractivity contribution >= 4 is 29.2 Å². The second-order valence-electron chi connectivity index (χ2n) is 5.79. The fourth-order valence-electron chi connectivity index (χ4n) is 2.93. The van der Waals surface area contributed by atoms with Crippen molar-refractivity contribution in [3.8, 4) is 0 Å². The van der Waals surface area contributed by atoms with Crippen molar-refractivity contribution in [1.82, 2.24) is 5.32 Å². The molecule has 2 aliphatic rings. The Bertz CT molecular complexity index is 703. The number of cyclic esters (lactones) is 1. The Balaban J connectivity index is 1.75. The molecule has 2 aliphatic heterocycles. The number of amides is 2. The summed E-state index contributed by atoms with van der Waals surface area (Å²) in [7, 11) is 3.45. The summed E-state index contributed by atoms with van der Waals surface area (Å²) in [5, 5.41) is 6.68. The van der Waals surface area contributed by atoms with Crippen LogP contribution in [0.5, 0.6) is 0 Å². The molecule has 0 saturated carbocycles. The Labute approximate surface area is 140 Å². The number of rotatable bonds is 4. The highest BCUT2D eigenvalue weighted by Crippen LogP contribution is 2.33. The van der Waals surface area contributed by atoms with Gasteiger partial charge in [0.15, 0.2) is 5.84 Å². The molecule has 0 spiro atoms. The predicted octanol–water partition coefficient (Wildman–Crippen LogP) is 1.10. The first kappa shape index (κ1) is 16.1. The second kappa shape index (κ2) is 6.38. The molecule has 2 heterocycles. The van der Waals surface area contributed by atoms with E-state index in [0.29, 0.717) is 19.5 Å². The van der Waals surface area contributed by atoms with Crippen LogP contribution in [0.1, 0.15) is 12.5 Å². The number of amidine groups is 1.